The Labute approximate surface area is 75.2 Å². The maximum Gasteiger partial charge on any atom is 0.0183 e. The topological polar surface area (TPSA) is 12.0 Å². The minimum absolute atomic E-state index is 1.00. The summed E-state index contributed by atoms with van der Waals surface area (Å²) >= 11 is 0. The first kappa shape index (κ1) is 8.31. The summed E-state index contributed by atoms with van der Waals surface area (Å²) in [7, 11) is 0. The fourth-order valence-electron chi connectivity index (χ4n) is 2.33. The highest BCUT2D eigenvalue weighted by Gasteiger charge is 2.20. The van der Waals surface area contributed by atoms with Crippen LogP contribution in [0.15, 0.2) is 11.1 Å². The molecule has 2 aliphatic rings. The van der Waals surface area contributed by atoms with Gasteiger partial charge in [-0.25, -0.2) is 0 Å². The smallest absolute Gasteiger partial charge is 0.0183 e. The third-order valence-electron chi connectivity index (χ3n) is 3.38. The minimum atomic E-state index is 1.00. The van der Waals surface area contributed by atoms with E-state index >= 15 is 0 Å². The van der Waals surface area contributed by atoms with Gasteiger partial charge in [0.05, 0.1) is 0 Å². The molecule has 1 heteroatoms. The summed E-state index contributed by atoms with van der Waals surface area (Å²) in [5.74, 6) is 1.00. The van der Waals surface area contributed by atoms with Crippen molar-refractivity contribution in [2.24, 2.45) is 5.92 Å². The number of hydrogen-bond donors (Lipinski definition) is 1. The Hall–Kier alpha value is -0.300. The number of hydrogen-bond acceptors (Lipinski definition) is 1. The van der Waals surface area contributed by atoms with Gasteiger partial charge in [-0.2, -0.15) is 0 Å². The van der Waals surface area contributed by atoms with Crippen LogP contribution in [0.3, 0.4) is 0 Å². The molecule has 2 fully saturated rings. The molecule has 12 heavy (non-hydrogen) atoms. The first-order chi connectivity index (χ1) is 5.90. The van der Waals surface area contributed by atoms with Gasteiger partial charge in [-0.15, -0.1) is 0 Å². The molecular formula is C11H19N. The van der Waals surface area contributed by atoms with Gasteiger partial charge in [-0.3, -0.25) is 0 Å². The lowest BCUT2D eigenvalue weighted by molar-refractivity contribution is 0.399. The van der Waals surface area contributed by atoms with Crippen LogP contribution >= 0.6 is 0 Å². The highest BCUT2D eigenvalue weighted by atomic mass is 14.9. The Balaban J connectivity index is 1.98. The lowest BCUT2D eigenvalue weighted by Gasteiger charge is -2.30. The SMILES string of the molecule is CCC1CCCC(=C2CNC2)C1. The van der Waals surface area contributed by atoms with Crippen molar-refractivity contribution in [3.8, 4) is 0 Å². The normalized spacial score (nSPS) is 30.2. The van der Waals surface area contributed by atoms with Crippen LogP contribution in [0.2, 0.25) is 0 Å². The summed E-state index contributed by atoms with van der Waals surface area (Å²) in [6, 6.07) is 0. The molecule has 0 spiro atoms. The molecule has 68 valence electrons. The second kappa shape index (κ2) is 3.61. The molecule has 0 aromatic carbocycles. The molecule has 0 aromatic heterocycles. The summed E-state index contributed by atoms with van der Waals surface area (Å²) < 4.78 is 0. The van der Waals surface area contributed by atoms with E-state index in [4.69, 9.17) is 0 Å². The molecule has 1 nitrogen and oxygen atoms in total. The Morgan fingerprint density at radius 1 is 1.33 bits per heavy atom. The van der Waals surface area contributed by atoms with E-state index in [1.165, 1.54) is 45.2 Å². The standard InChI is InChI=1S/C11H19N/c1-2-9-4-3-5-10(6-9)11-7-12-8-11/h9,12H,2-8H2,1H3. The lowest BCUT2D eigenvalue weighted by atomic mass is 9.81. The van der Waals surface area contributed by atoms with E-state index < -0.39 is 0 Å². The Morgan fingerprint density at radius 3 is 2.75 bits per heavy atom. The Morgan fingerprint density at radius 2 is 2.17 bits per heavy atom. The number of nitrogens with one attached hydrogen (secondary N) is 1. The van der Waals surface area contributed by atoms with Crippen molar-refractivity contribution in [2.75, 3.05) is 13.1 Å². The Bertz CT molecular complexity index is 187. The van der Waals surface area contributed by atoms with E-state index in [2.05, 4.69) is 12.2 Å². The number of rotatable bonds is 1. The van der Waals surface area contributed by atoms with Gasteiger partial charge in [0.2, 0.25) is 0 Å². The van der Waals surface area contributed by atoms with Crippen molar-refractivity contribution in [2.45, 2.75) is 39.0 Å². The minimum Gasteiger partial charge on any atom is -0.309 e. The quantitative estimate of drug-likeness (QED) is 0.589. The zero-order chi connectivity index (χ0) is 8.39. The third kappa shape index (κ3) is 1.56. The molecule has 2 rings (SSSR count). The highest BCUT2D eigenvalue weighted by molar-refractivity contribution is 5.24. The van der Waals surface area contributed by atoms with Gasteiger partial charge in [0, 0.05) is 13.1 Å². The third-order valence-corrected chi connectivity index (χ3v) is 3.38. The van der Waals surface area contributed by atoms with Gasteiger partial charge in [-0.1, -0.05) is 18.9 Å². The Kier molecular flexibility index (Phi) is 2.50. The molecule has 1 N–H and O–H groups in total. The fourth-order valence-corrected chi connectivity index (χ4v) is 2.33. The van der Waals surface area contributed by atoms with Crippen LogP contribution in [0.5, 0.6) is 0 Å². The maximum atomic E-state index is 3.33. The molecule has 0 aromatic rings. The molecule has 1 saturated carbocycles. The number of allylic oxidation sites excluding steroid dienone is 1. The average molecular weight is 165 g/mol. The van der Waals surface area contributed by atoms with Crippen molar-refractivity contribution in [1.82, 2.24) is 5.32 Å². The van der Waals surface area contributed by atoms with Gasteiger partial charge < -0.3 is 5.32 Å². The van der Waals surface area contributed by atoms with E-state index in [9.17, 15) is 0 Å². The van der Waals surface area contributed by atoms with E-state index in [0.29, 0.717) is 0 Å². The largest absolute Gasteiger partial charge is 0.309 e. The average Bonchev–Trinajstić information content (AvgIpc) is 2.02. The first-order valence-electron chi connectivity index (χ1n) is 5.30. The molecule has 1 heterocycles. The van der Waals surface area contributed by atoms with Crippen LogP contribution in [-0.2, 0) is 0 Å². The van der Waals surface area contributed by atoms with E-state index in [1.54, 1.807) is 11.1 Å². The summed E-state index contributed by atoms with van der Waals surface area (Å²) in [4.78, 5) is 0. The fraction of sp³-hybridized carbons (Fsp3) is 0.818. The van der Waals surface area contributed by atoms with Crippen molar-refractivity contribution in [3.63, 3.8) is 0 Å². The van der Waals surface area contributed by atoms with E-state index in [-0.39, 0.29) is 0 Å². The van der Waals surface area contributed by atoms with Gasteiger partial charge >= 0.3 is 0 Å². The monoisotopic (exact) mass is 165 g/mol. The predicted molar refractivity (Wildman–Crippen MR) is 52.1 cm³/mol. The van der Waals surface area contributed by atoms with Crippen LogP contribution in [-0.4, -0.2) is 13.1 Å². The molecule has 0 amide bonds. The van der Waals surface area contributed by atoms with Crippen molar-refractivity contribution >= 4 is 0 Å². The van der Waals surface area contributed by atoms with Crippen LogP contribution < -0.4 is 5.32 Å². The summed E-state index contributed by atoms with van der Waals surface area (Å²) in [6.45, 7) is 4.70. The molecule has 1 aliphatic carbocycles. The molecule has 1 unspecified atom stereocenters. The molecule has 1 saturated heterocycles. The predicted octanol–water partition coefficient (Wildman–Crippen LogP) is 2.49. The molecule has 1 atom stereocenters. The summed E-state index contributed by atoms with van der Waals surface area (Å²) in [5, 5.41) is 3.33. The van der Waals surface area contributed by atoms with E-state index in [1.807, 2.05) is 0 Å². The van der Waals surface area contributed by atoms with Crippen molar-refractivity contribution < 1.29 is 0 Å². The zero-order valence-corrected chi connectivity index (χ0v) is 8.03. The summed E-state index contributed by atoms with van der Waals surface area (Å²) in [5.41, 5.74) is 3.53. The second-order valence-electron chi connectivity index (χ2n) is 4.18. The van der Waals surface area contributed by atoms with Crippen LogP contribution in [0.4, 0.5) is 0 Å². The molecular weight excluding hydrogens is 146 g/mol. The second-order valence-corrected chi connectivity index (χ2v) is 4.18. The maximum absolute atomic E-state index is 3.33. The molecule has 0 bridgehead atoms. The van der Waals surface area contributed by atoms with Crippen LogP contribution in [0.1, 0.15) is 39.0 Å². The van der Waals surface area contributed by atoms with Crippen LogP contribution in [0, 0.1) is 5.92 Å². The van der Waals surface area contributed by atoms with Crippen molar-refractivity contribution in [1.29, 1.82) is 0 Å². The van der Waals surface area contributed by atoms with Gasteiger partial charge in [0.25, 0.3) is 0 Å². The molecule has 1 aliphatic heterocycles. The van der Waals surface area contributed by atoms with Gasteiger partial charge in [0.15, 0.2) is 0 Å². The van der Waals surface area contributed by atoms with Crippen molar-refractivity contribution in [3.05, 3.63) is 11.1 Å². The zero-order valence-electron chi connectivity index (χ0n) is 8.03. The lowest BCUT2D eigenvalue weighted by Crippen LogP contribution is -2.35. The van der Waals surface area contributed by atoms with Gasteiger partial charge in [-0.05, 0) is 37.2 Å². The van der Waals surface area contributed by atoms with E-state index in [0.717, 1.165) is 5.92 Å². The highest BCUT2D eigenvalue weighted by Crippen LogP contribution is 2.32. The first-order valence-corrected chi connectivity index (χ1v) is 5.30. The van der Waals surface area contributed by atoms with Crippen LogP contribution in [0.25, 0.3) is 0 Å². The summed E-state index contributed by atoms with van der Waals surface area (Å²) in [6.07, 6.45) is 7.10. The molecule has 0 radical (unpaired) electrons. The van der Waals surface area contributed by atoms with Gasteiger partial charge in [0.1, 0.15) is 0 Å².